The Kier molecular flexibility index (Phi) is 10.6. The maximum atomic E-state index is 10.9. The van der Waals surface area contributed by atoms with Crippen molar-refractivity contribution in [2.45, 2.75) is 13.1 Å². The van der Waals surface area contributed by atoms with Gasteiger partial charge in [0.15, 0.2) is 0 Å². The van der Waals surface area contributed by atoms with Crippen molar-refractivity contribution < 1.29 is 9.85 Å². The molecule has 17 heteroatoms. The Morgan fingerprint density at radius 3 is 1.62 bits per heavy atom. The van der Waals surface area contributed by atoms with Gasteiger partial charge in [0.05, 0.1) is 50.7 Å². The Morgan fingerprint density at radius 2 is 1.12 bits per heavy atom. The number of fused-ring (bicyclic) bond motifs is 2. The van der Waals surface area contributed by atoms with E-state index in [1.165, 1.54) is 36.7 Å². The van der Waals surface area contributed by atoms with Crippen LogP contribution in [0.1, 0.15) is 11.6 Å². The average Bonchev–Trinajstić information content (AvgIpc) is 3.71. The van der Waals surface area contributed by atoms with Crippen LogP contribution in [0.5, 0.6) is 0 Å². The summed E-state index contributed by atoms with van der Waals surface area (Å²) in [7, 11) is 0. The fourth-order valence-corrected chi connectivity index (χ4v) is 4.46. The van der Waals surface area contributed by atoms with E-state index in [2.05, 4.69) is 45.5 Å². The van der Waals surface area contributed by atoms with Gasteiger partial charge >= 0.3 is 11.4 Å². The van der Waals surface area contributed by atoms with E-state index in [1.807, 2.05) is 60.7 Å². The predicted molar refractivity (Wildman–Crippen MR) is 182 cm³/mol. The number of nitrogen functional groups attached to an aromatic ring is 1. The summed E-state index contributed by atoms with van der Waals surface area (Å²) in [5, 5.41) is 27.0. The SMILES string of the molecule is Nc1cccnc1NCc1nc2ccccc2[nH]1.O=[N+]([O-])c1cccnc1Cl.O=[N+]([O-])c1cccnc1NCc1nc2ccccc2[nH]1. The molecule has 0 saturated carbocycles. The molecule has 0 aliphatic carbocycles. The highest BCUT2D eigenvalue weighted by Gasteiger charge is 2.14. The summed E-state index contributed by atoms with van der Waals surface area (Å²) in [6, 6.07) is 24.9. The molecule has 5 aromatic heterocycles. The monoisotopic (exact) mass is 666 g/mol. The summed E-state index contributed by atoms with van der Waals surface area (Å²) in [6.07, 6.45) is 4.61. The third-order valence-corrected chi connectivity index (χ3v) is 6.77. The summed E-state index contributed by atoms with van der Waals surface area (Å²) >= 11 is 5.37. The number of nitrogens with two attached hydrogens (primary N) is 1. The van der Waals surface area contributed by atoms with Crippen LogP contribution < -0.4 is 16.4 Å². The van der Waals surface area contributed by atoms with Crippen molar-refractivity contribution in [3.05, 3.63) is 141 Å². The topological polar surface area (TPSA) is 232 Å². The second-order valence-electron chi connectivity index (χ2n) is 9.75. The van der Waals surface area contributed by atoms with Gasteiger partial charge in [-0.1, -0.05) is 35.9 Å². The van der Waals surface area contributed by atoms with E-state index in [4.69, 9.17) is 17.3 Å². The molecule has 6 N–H and O–H groups in total. The molecule has 0 radical (unpaired) electrons. The number of hydrogen-bond donors (Lipinski definition) is 5. The number of nitro groups is 2. The van der Waals surface area contributed by atoms with Gasteiger partial charge in [-0.05, 0) is 48.5 Å². The van der Waals surface area contributed by atoms with Gasteiger partial charge in [-0.15, -0.1) is 0 Å². The molecular formula is C31H27ClN12O4. The van der Waals surface area contributed by atoms with Crippen LogP contribution >= 0.6 is 11.6 Å². The van der Waals surface area contributed by atoms with Gasteiger partial charge in [0, 0.05) is 30.7 Å². The van der Waals surface area contributed by atoms with Gasteiger partial charge in [0.1, 0.15) is 17.5 Å². The van der Waals surface area contributed by atoms with Crippen LogP contribution in [0, 0.1) is 20.2 Å². The molecule has 0 bridgehead atoms. The van der Waals surface area contributed by atoms with Crippen molar-refractivity contribution in [3.63, 3.8) is 0 Å². The zero-order chi connectivity index (χ0) is 33.9. The molecule has 0 aliphatic rings. The molecule has 0 fully saturated rings. The van der Waals surface area contributed by atoms with E-state index in [-0.39, 0.29) is 22.3 Å². The van der Waals surface area contributed by atoms with E-state index >= 15 is 0 Å². The minimum absolute atomic E-state index is 0.0522. The van der Waals surface area contributed by atoms with Gasteiger partial charge in [-0.3, -0.25) is 20.2 Å². The molecule has 0 saturated heterocycles. The van der Waals surface area contributed by atoms with Crippen LogP contribution in [0.15, 0.2) is 104 Å². The number of aromatic nitrogens is 7. The number of benzene rings is 2. The number of H-pyrrole nitrogens is 2. The maximum Gasteiger partial charge on any atom is 0.311 e. The number of pyridine rings is 3. The van der Waals surface area contributed by atoms with Crippen molar-refractivity contribution in [3.8, 4) is 0 Å². The minimum atomic E-state index is -0.574. The summed E-state index contributed by atoms with van der Waals surface area (Å²) in [5.74, 6) is 2.48. The molecule has 0 unspecified atom stereocenters. The van der Waals surface area contributed by atoms with Crippen molar-refractivity contribution in [1.29, 1.82) is 0 Å². The first kappa shape index (κ1) is 32.7. The molecule has 7 aromatic rings. The third-order valence-electron chi connectivity index (χ3n) is 6.48. The Balaban J connectivity index is 0.000000149. The highest BCUT2D eigenvalue weighted by atomic mass is 35.5. The molecule has 242 valence electrons. The van der Waals surface area contributed by atoms with Crippen molar-refractivity contribution >= 4 is 62.4 Å². The first-order chi connectivity index (χ1) is 23.3. The van der Waals surface area contributed by atoms with Gasteiger partial charge in [0.25, 0.3) is 0 Å². The Hall–Kier alpha value is -6.68. The number of aromatic amines is 2. The largest absolute Gasteiger partial charge is 0.396 e. The van der Waals surface area contributed by atoms with E-state index in [0.717, 1.165) is 27.9 Å². The minimum Gasteiger partial charge on any atom is -0.396 e. The zero-order valence-corrected chi connectivity index (χ0v) is 25.7. The van der Waals surface area contributed by atoms with Gasteiger partial charge < -0.3 is 26.3 Å². The quantitative estimate of drug-likeness (QED) is 0.0685. The molecule has 48 heavy (non-hydrogen) atoms. The molecule has 0 atom stereocenters. The number of rotatable bonds is 8. The lowest BCUT2D eigenvalue weighted by Crippen LogP contribution is -2.05. The van der Waals surface area contributed by atoms with Gasteiger partial charge in [-0.25, -0.2) is 24.9 Å². The average molecular weight is 667 g/mol. The normalized spacial score (nSPS) is 10.4. The number of halogens is 1. The standard InChI is InChI=1S/C13H11N5O2.C13H13N5.C5H3ClN2O2/c19-18(20)11-6-3-7-14-13(11)15-8-12-16-9-4-1-2-5-10(9)17-12;14-9-4-3-7-15-13(9)16-8-12-17-10-5-1-2-6-11(10)18-12;6-5-4(8(9)10)2-1-3-7-5/h1-7H,8H2,(H,14,15)(H,16,17);1-7H,8,14H2,(H,15,16)(H,17,18);1-3H. The molecule has 7 rings (SSSR count). The van der Waals surface area contributed by atoms with Gasteiger partial charge in [-0.2, -0.15) is 0 Å². The van der Waals surface area contributed by atoms with E-state index in [9.17, 15) is 20.2 Å². The van der Waals surface area contributed by atoms with Crippen LogP contribution in [-0.4, -0.2) is 44.7 Å². The molecule has 0 aliphatic heterocycles. The van der Waals surface area contributed by atoms with Crippen LogP contribution in [0.4, 0.5) is 28.7 Å². The van der Waals surface area contributed by atoms with Crippen LogP contribution in [0.25, 0.3) is 22.1 Å². The number of imidazole rings is 2. The molecular weight excluding hydrogens is 640 g/mol. The number of nitrogens with zero attached hydrogens (tertiary/aromatic N) is 7. The zero-order valence-electron chi connectivity index (χ0n) is 24.9. The lowest BCUT2D eigenvalue weighted by Gasteiger charge is -2.05. The number of para-hydroxylation sites is 4. The van der Waals surface area contributed by atoms with Gasteiger partial charge in [0.2, 0.25) is 11.0 Å². The molecule has 0 spiro atoms. The second-order valence-corrected chi connectivity index (χ2v) is 10.1. The summed E-state index contributed by atoms with van der Waals surface area (Å²) in [6.45, 7) is 0.905. The van der Waals surface area contributed by atoms with E-state index in [1.54, 1.807) is 6.20 Å². The molecule has 0 amide bonds. The summed E-state index contributed by atoms with van der Waals surface area (Å²) < 4.78 is 0. The van der Waals surface area contributed by atoms with Crippen molar-refractivity contribution in [2.75, 3.05) is 16.4 Å². The number of anilines is 3. The number of nitrogens with one attached hydrogen (secondary N) is 4. The maximum absolute atomic E-state index is 10.9. The lowest BCUT2D eigenvalue weighted by molar-refractivity contribution is -0.385. The highest BCUT2D eigenvalue weighted by molar-refractivity contribution is 6.31. The molecule has 16 nitrogen and oxygen atoms in total. The number of hydrogen-bond acceptors (Lipinski definition) is 12. The lowest BCUT2D eigenvalue weighted by atomic mass is 10.3. The third kappa shape index (κ3) is 8.52. The molecule has 2 aromatic carbocycles. The Morgan fingerprint density at radius 1 is 0.646 bits per heavy atom. The predicted octanol–water partition coefficient (Wildman–Crippen LogP) is 6.27. The molecule has 5 heterocycles. The smallest absolute Gasteiger partial charge is 0.311 e. The first-order valence-corrected chi connectivity index (χ1v) is 14.6. The fourth-order valence-electron chi connectivity index (χ4n) is 4.27. The first-order valence-electron chi connectivity index (χ1n) is 14.2. The van der Waals surface area contributed by atoms with Crippen LogP contribution in [0.2, 0.25) is 5.15 Å². The van der Waals surface area contributed by atoms with Crippen LogP contribution in [-0.2, 0) is 13.1 Å². The summed E-state index contributed by atoms with van der Waals surface area (Å²) in [4.78, 5) is 46.9. The Labute approximate surface area is 276 Å². The van der Waals surface area contributed by atoms with Crippen LogP contribution in [0.3, 0.4) is 0 Å². The van der Waals surface area contributed by atoms with Crippen molar-refractivity contribution in [2.24, 2.45) is 0 Å². The summed E-state index contributed by atoms with van der Waals surface area (Å²) in [5.41, 5.74) is 10.0. The second kappa shape index (κ2) is 15.5. The Bertz CT molecular complexity index is 2100. The van der Waals surface area contributed by atoms with Crippen molar-refractivity contribution in [1.82, 2.24) is 34.9 Å². The van der Waals surface area contributed by atoms with E-state index in [0.29, 0.717) is 30.4 Å². The fraction of sp³-hybridized carbons (Fsp3) is 0.0645. The van der Waals surface area contributed by atoms with E-state index < -0.39 is 9.85 Å². The highest BCUT2D eigenvalue weighted by Crippen LogP contribution is 2.21.